The molecule has 0 fully saturated rings. The van der Waals surface area contributed by atoms with Crippen molar-refractivity contribution >= 4 is 40.3 Å². The van der Waals surface area contributed by atoms with Crippen molar-refractivity contribution < 1.29 is 4.79 Å². The van der Waals surface area contributed by atoms with E-state index in [2.05, 4.69) is 5.38 Å². The second-order valence-corrected chi connectivity index (χ2v) is 5.64. The van der Waals surface area contributed by atoms with Crippen LogP contribution in [-0.2, 0) is 17.6 Å². The smallest absolute Gasteiger partial charge is 0.137 e. The summed E-state index contributed by atoms with van der Waals surface area (Å²) in [4.78, 5) is 11.9. The van der Waals surface area contributed by atoms with Crippen molar-refractivity contribution in [3.8, 4) is 0 Å². The molecule has 0 aliphatic carbocycles. The molecule has 1 aromatic carbocycles. The van der Waals surface area contributed by atoms with E-state index >= 15 is 0 Å². The molecular formula is C14H12Cl2OS. The van der Waals surface area contributed by atoms with Crippen LogP contribution in [0.2, 0.25) is 10.0 Å². The van der Waals surface area contributed by atoms with E-state index in [1.165, 1.54) is 5.56 Å². The molecule has 0 spiro atoms. The highest BCUT2D eigenvalue weighted by Gasteiger charge is 2.10. The summed E-state index contributed by atoms with van der Waals surface area (Å²) in [6.07, 6.45) is 1.62. The van der Waals surface area contributed by atoms with Gasteiger partial charge in [0.25, 0.3) is 0 Å². The van der Waals surface area contributed by atoms with Gasteiger partial charge in [-0.25, -0.2) is 0 Å². The third kappa shape index (κ3) is 3.58. The van der Waals surface area contributed by atoms with Crippen LogP contribution in [0.25, 0.3) is 0 Å². The minimum atomic E-state index is 0.163. The fraction of sp³-hybridized carbons (Fsp3) is 0.214. The highest BCUT2D eigenvalue weighted by molar-refractivity contribution is 7.07. The molecule has 0 aliphatic heterocycles. The lowest BCUT2D eigenvalue weighted by Gasteiger charge is -2.05. The van der Waals surface area contributed by atoms with Gasteiger partial charge in [-0.2, -0.15) is 11.3 Å². The van der Waals surface area contributed by atoms with Gasteiger partial charge in [0, 0.05) is 22.9 Å². The normalized spacial score (nSPS) is 10.6. The summed E-state index contributed by atoms with van der Waals surface area (Å²) >= 11 is 13.7. The van der Waals surface area contributed by atoms with E-state index < -0.39 is 0 Å². The molecule has 0 amide bonds. The first-order chi connectivity index (χ1) is 8.66. The van der Waals surface area contributed by atoms with Crippen LogP contribution in [0.5, 0.6) is 0 Å². The number of ketones is 1. The molecule has 0 saturated carbocycles. The lowest BCUT2D eigenvalue weighted by Crippen LogP contribution is -2.05. The molecule has 2 aromatic rings. The molecule has 0 aliphatic rings. The van der Waals surface area contributed by atoms with Crippen LogP contribution in [0.4, 0.5) is 0 Å². The largest absolute Gasteiger partial charge is 0.299 e. The number of benzene rings is 1. The lowest BCUT2D eigenvalue weighted by molar-refractivity contribution is -0.118. The number of carbonyl (C=O) groups is 1. The van der Waals surface area contributed by atoms with Crippen molar-refractivity contribution in [2.24, 2.45) is 0 Å². The molecule has 0 radical (unpaired) electrons. The third-order valence-electron chi connectivity index (χ3n) is 2.71. The number of aryl methyl sites for hydroxylation is 1. The van der Waals surface area contributed by atoms with E-state index in [1.807, 2.05) is 11.4 Å². The third-order valence-corrected chi connectivity index (χ3v) is 4.15. The second kappa shape index (κ2) is 6.37. The van der Waals surface area contributed by atoms with Gasteiger partial charge < -0.3 is 0 Å². The zero-order valence-corrected chi connectivity index (χ0v) is 12.0. The number of halogens is 2. The summed E-state index contributed by atoms with van der Waals surface area (Å²) in [6, 6.07) is 7.34. The second-order valence-electron chi connectivity index (χ2n) is 4.05. The van der Waals surface area contributed by atoms with E-state index in [9.17, 15) is 4.79 Å². The zero-order valence-electron chi connectivity index (χ0n) is 9.66. The standard InChI is InChI=1S/C14H12Cl2OS/c15-13-2-1-3-14(16)12(13)8-11(17)5-4-10-6-7-18-9-10/h1-3,6-7,9H,4-5,8H2. The highest BCUT2D eigenvalue weighted by Crippen LogP contribution is 2.25. The van der Waals surface area contributed by atoms with Crippen LogP contribution < -0.4 is 0 Å². The Morgan fingerprint density at radius 1 is 1.17 bits per heavy atom. The molecule has 1 aromatic heterocycles. The molecular weight excluding hydrogens is 287 g/mol. The van der Waals surface area contributed by atoms with Crippen molar-refractivity contribution in [2.75, 3.05) is 0 Å². The van der Waals surface area contributed by atoms with Crippen molar-refractivity contribution in [3.63, 3.8) is 0 Å². The molecule has 1 heterocycles. The van der Waals surface area contributed by atoms with Gasteiger partial charge in [0.2, 0.25) is 0 Å². The lowest BCUT2D eigenvalue weighted by atomic mass is 10.0. The Hall–Kier alpha value is -0.830. The quantitative estimate of drug-likeness (QED) is 0.775. The molecule has 2 rings (SSSR count). The Balaban J connectivity index is 1.95. The van der Waals surface area contributed by atoms with Gasteiger partial charge in [-0.3, -0.25) is 4.79 Å². The fourth-order valence-electron chi connectivity index (χ4n) is 1.71. The average Bonchev–Trinajstić information content (AvgIpc) is 2.84. The van der Waals surface area contributed by atoms with Gasteiger partial charge in [0.15, 0.2) is 0 Å². The van der Waals surface area contributed by atoms with Gasteiger partial charge in [-0.15, -0.1) is 0 Å². The highest BCUT2D eigenvalue weighted by atomic mass is 35.5. The first-order valence-electron chi connectivity index (χ1n) is 5.62. The number of hydrogen-bond donors (Lipinski definition) is 0. The minimum absolute atomic E-state index is 0.163. The van der Waals surface area contributed by atoms with Crippen LogP contribution in [0.3, 0.4) is 0 Å². The Morgan fingerprint density at radius 3 is 2.50 bits per heavy atom. The topological polar surface area (TPSA) is 17.1 Å². The van der Waals surface area contributed by atoms with Gasteiger partial charge in [-0.1, -0.05) is 29.3 Å². The van der Waals surface area contributed by atoms with Gasteiger partial charge in [0.05, 0.1) is 0 Å². The Bertz CT molecular complexity index is 514. The van der Waals surface area contributed by atoms with E-state index in [4.69, 9.17) is 23.2 Å². The summed E-state index contributed by atoms with van der Waals surface area (Å²) in [5.74, 6) is 0.163. The Labute approximate surface area is 120 Å². The summed E-state index contributed by atoms with van der Waals surface area (Å²) in [7, 11) is 0. The molecule has 4 heteroatoms. The SMILES string of the molecule is O=C(CCc1ccsc1)Cc1c(Cl)cccc1Cl. The average molecular weight is 299 g/mol. The van der Waals surface area contributed by atoms with Crippen molar-refractivity contribution in [1.29, 1.82) is 0 Å². The summed E-state index contributed by atoms with van der Waals surface area (Å²) < 4.78 is 0. The monoisotopic (exact) mass is 298 g/mol. The molecule has 0 atom stereocenters. The molecule has 18 heavy (non-hydrogen) atoms. The van der Waals surface area contributed by atoms with E-state index in [0.29, 0.717) is 22.9 Å². The molecule has 0 saturated heterocycles. The Kier molecular flexibility index (Phi) is 4.81. The number of carbonyl (C=O) groups excluding carboxylic acids is 1. The summed E-state index contributed by atoms with van der Waals surface area (Å²) in [5.41, 5.74) is 1.94. The summed E-state index contributed by atoms with van der Waals surface area (Å²) in [5, 5.41) is 5.21. The first-order valence-corrected chi connectivity index (χ1v) is 7.32. The predicted octanol–water partition coefficient (Wildman–Crippen LogP) is 4.80. The zero-order chi connectivity index (χ0) is 13.0. The fourth-order valence-corrected chi connectivity index (χ4v) is 2.94. The molecule has 94 valence electrons. The van der Waals surface area contributed by atoms with Gasteiger partial charge in [0.1, 0.15) is 5.78 Å². The number of Topliss-reactive ketones (excluding diaryl/α,β-unsaturated/α-hetero) is 1. The number of thiophene rings is 1. The molecule has 0 unspecified atom stereocenters. The van der Waals surface area contributed by atoms with Crippen LogP contribution in [0.15, 0.2) is 35.0 Å². The Morgan fingerprint density at radius 2 is 1.89 bits per heavy atom. The van der Waals surface area contributed by atoms with Gasteiger partial charge in [-0.05, 0) is 46.5 Å². The molecule has 1 nitrogen and oxygen atoms in total. The molecule has 0 N–H and O–H groups in total. The van der Waals surface area contributed by atoms with E-state index in [0.717, 1.165) is 12.0 Å². The maximum Gasteiger partial charge on any atom is 0.137 e. The van der Waals surface area contributed by atoms with Crippen molar-refractivity contribution in [1.82, 2.24) is 0 Å². The van der Waals surface area contributed by atoms with Crippen molar-refractivity contribution in [2.45, 2.75) is 19.3 Å². The summed E-state index contributed by atoms with van der Waals surface area (Å²) in [6.45, 7) is 0. The number of rotatable bonds is 5. The maximum absolute atomic E-state index is 11.9. The maximum atomic E-state index is 11.9. The van der Waals surface area contributed by atoms with Crippen LogP contribution in [0.1, 0.15) is 17.5 Å². The molecule has 0 bridgehead atoms. The first kappa shape index (κ1) is 13.6. The van der Waals surface area contributed by atoms with Crippen LogP contribution >= 0.6 is 34.5 Å². The van der Waals surface area contributed by atoms with Crippen LogP contribution in [0, 0.1) is 0 Å². The van der Waals surface area contributed by atoms with Crippen molar-refractivity contribution in [3.05, 3.63) is 56.2 Å². The van der Waals surface area contributed by atoms with E-state index in [1.54, 1.807) is 29.5 Å². The van der Waals surface area contributed by atoms with E-state index in [-0.39, 0.29) is 5.78 Å². The minimum Gasteiger partial charge on any atom is -0.299 e. The predicted molar refractivity (Wildman–Crippen MR) is 77.8 cm³/mol. The van der Waals surface area contributed by atoms with Gasteiger partial charge >= 0.3 is 0 Å². The van der Waals surface area contributed by atoms with Crippen LogP contribution in [-0.4, -0.2) is 5.78 Å². The number of hydrogen-bond acceptors (Lipinski definition) is 2.